The van der Waals surface area contributed by atoms with E-state index in [0.717, 1.165) is 6.42 Å². The monoisotopic (exact) mass is 362 g/mol. The van der Waals surface area contributed by atoms with Crippen molar-refractivity contribution in [3.8, 4) is 0 Å². The molecule has 6 nitrogen and oxygen atoms in total. The van der Waals surface area contributed by atoms with Crippen LogP contribution in [0.3, 0.4) is 0 Å². The number of carbonyl (C=O) groups is 4. The van der Waals surface area contributed by atoms with Crippen LogP contribution >= 0.6 is 0 Å². The summed E-state index contributed by atoms with van der Waals surface area (Å²) >= 11 is 0. The first-order valence-electron chi connectivity index (χ1n) is 9.00. The summed E-state index contributed by atoms with van der Waals surface area (Å²) in [5.74, 6) is -1.87. The lowest BCUT2D eigenvalue weighted by molar-refractivity contribution is -0.114. The average molecular weight is 362 g/mol. The van der Waals surface area contributed by atoms with Crippen molar-refractivity contribution < 1.29 is 19.2 Å². The molecule has 0 saturated carbocycles. The topological polar surface area (TPSA) is 74.8 Å². The Morgan fingerprint density at radius 3 is 1.41 bits per heavy atom. The van der Waals surface area contributed by atoms with Crippen molar-refractivity contribution >= 4 is 34.8 Å². The van der Waals surface area contributed by atoms with E-state index in [0.29, 0.717) is 48.4 Å². The molecule has 2 amide bonds. The van der Waals surface area contributed by atoms with E-state index in [1.165, 1.54) is 9.80 Å². The summed E-state index contributed by atoms with van der Waals surface area (Å²) in [6.07, 6.45) is 2.20. The minimum Gasteiger partial charge on any atom is -0.305 e. The van der Waals surface area contributed by atoms with Crippen LogP contribution < -0.4 is 9.80 Å². The van der Waals surface area contributed by atoms with Gasteiger partial charge in [-0.15, -0.1) is 0 Å². The van der Waals surface area contributed by atoms with Gasteiger partial charge in [0.25, 0.3) is 23.4 Å². The molecule has 0 unspecified atom stereocenters. The highest BCUT2D eigenvalue weighted by Crippen LogP contribution is 2.30. The van der Waals surface area contributed by atoms with Gasteiger partial charge in [-0.2, -0.15) is 0 Å². The van der Waals surface area contributed by atoms with Crippen LogP contribution in [0.15, 0.2) is 48.5 Å². The fraction of sp³-hybridized carbons (Fsp3) is 0.238. The van der Waals surface area contributed by atoms with Crippen LogP contribution in [-0.4, -0.2) is 36.5 Å². The number of hydrogen-bond acceptors (Lipinski definition) is 4. The summed E-state index contributed by atoms with van der Waals surface area (Å²) in [6.45, 7) is 0.927. The first-order chi connectivity index (χ1) is 13.1. The molecule has 2 aliphatic rings. The van der Waals surface area contributed by atoms with E-state index < -0.39 is 23.4 Å². The lowest BCUT2D eigenvalue weighted by atomic mass is 10.1. The lowest BCUT2D eigenvalue weighted by Gasteiger charge is -2.18. The quantitative estimate of drug-likeness (QED) is 0.585. The van der Waals surface area contributed by atoms with Gasteiger partial charge in [0.2, 0.25) is 0 Å². The number of fused-ring (bicyclic) bond motifs is 2. The Morgan fingerprint density at radius 1 is 0.556 bits per heavy atom. The number of carbonyl (C=O) groups excluding carboxylic acids is 4. The smallest absolute Gasteiger partial charge is 0.299 e. The van der Waals surface area contributed by atoms with Gasteiger partial charge in [-0.25, -0.2) is 0 Å². The number of benzene rings is 2. The molecule has 0 spiro atoms. The van der Waals surface area contributed by atoms with Crippen molar-refractivity contribution in [1.29, 1.82) is 0 Å². The number of ketones is 2. The minimum atomic E-state index is -0.481. The first kappa shape index (κ1) is 17.1. The van der Waals surface area contributed by atoms with Gasteiger partial charge in [0.05, 0.1) is 22.5 Å². The van der Waals surface area contributed by atoms with Crippen LogP contribution in [-0.2, 0) is 9.59 Å². The highest BCUT2D eigenvalue weighted by atomic mass is 16.2. The zero-order valence-corrected chi connectivity index (χ0v) is 14.7. The van der Waals surface area contributed by atoms with Gasteiger partial charge in [0.15, 0.2) is 0 Å². The molecule has 2 aromatic carbocycles. The molecular formula is C21H18N2O4. The number of hydrogen-bond donors (Lipinski definition) is 0. The molecule has 0 bridgehead atoms. The van der Waals surface area contributed by atoms with Crippen LogP contribution in [0.4, 0.5) is 11.4 Å². The third-order valence-electron chi connectivity index (χ3n) is 5.02. The molecular weight excluding hydrogens is 344 g/mol. The van der Waals surface area contributed by atoms with E-state index in [2.05, 4.69) is 0 Å². The number of nitrogens with zero attached hydrogens (tertiary/aromatic N) is 2. The highest BCUT2D eigenvalue weighted by Gasteiger charge is 2.36. The molecule has 2 heterocycles. The number of rotatable bonds is 6. The summed E-state index contributed by atoms with van der Waals surface area (Å²) in [5.41, 5.74) is 2.25. The SMILES string of the molecule is O=C1C(=O)N(CCCCCN2C(=O)C(=O)c3ccccc32)c2ccccc21. The first-order valence-corrected chi connectivity index (χ1v) is 9.00. The van der Waals surface area contributed by atoms with E-state index in [1.807, 2.05) is 12.1 Å². The molecule has 6 heteroatoms. The number of anilines is 2. The zero-order valence-electron chi connectivity index (χ0n) is 14.7. The van der Waals surface area contributed by atoms with Gasteiger partial charge < -0.3 is 9.80 Å². The Kier molecular flexibility index (Phi) is 4.32. The molecule has 0 fully saturated rings. The van der Waals surface area contributed by atoms with E-state index in [9.17, 15) is 19.2 Å². The van der Waals surface area contributed by atoms with Gasteiger partial charge in [-0.05, 0) is 43.5 Å². The molecule has 0 saturated heterocycles. The fourth-order valence-electron chi connectivity index (χ4n) is 3.66. The van der Waals surface area contributed by atoms with Crippen molar-refractivity contribution in [3.05, 3.63) is 59.7 Å². The van der Waals surface area contributed by atoms with Crippen LogP contribution in [0, 0.1) is 0 Å². The van der Waals surface area contributed by atoms with Gasteiger partial charge in [0.1, 0.15) is 0 Å². The summed E-state index contributed by atoms with van der Waals surface area (Å²) in [6, 6.07) is 14.0. The van der Waals surface area contributed by atoms with Crippen LogP contribution in [0.25, 0.3) is 0 Å². The Bertz CT molecular complexity index is 889. The molecule has 2 aromatic rings. The predicted octanol–water partition coefficient (Wildman–Crippen LogP) is 2.62. The van der Waals surface area contributed by atoms with Crippen LogP contribution in [0.5, 0.6) is 0 Å². The van der Waals surface area contributed by atoms with Crippen molar-refractivity contribution in [2.45, 2.75) is 19.3 Å². The maximum Gasteiger partial charge on any atom is 0.299 e. The number of para-hydroxylation sites is 2. The average Bonchev–Trinajstić information content (AvgIpc) is 3.08. The standard InChI is InChI=1S/C21H18N2O4/c24-18-14-8-2-4-10-16(14)22(20(18)26)12-6-1-7-13-23-17-11-5-3-9-15(17)19(25)21(23)27/h2-5,8-11H,1,6-7,12-13H2. The zero-order chi connectivity index (χ0) is 19.0. The van der Waals surface area contributed by atoms with Gasteiger partial charge in [0, 0.05) is 13.1 Å². The van der Waals surface area contributed by atoms with Gasteiger partial charge >= 0.3 is 0 Å². The largest absolute Gasteiger partial charge is 0.305 e. The summed E-state index contributed by atoms with van der Waals surface area (Å²) in [5, 5.41) is 0. The second kappa shape index (κ2) is 6.79. The normalized spacial score (nSPS) is 15.6. The second-order valence-electron chi connectivity index (χ2n) is 6.67. The second-order valence-corrected chi connectivity index (χ2v) is 6.67. The molecule has 0 aromatic heterocycles. The predicted molar refractivity (Wildman–Crippen MR) is 100 cm³/mol. The van der Waals surface area contributed by atoms with Gasteiger partial charge in [-0.1, -0.05) is 24.3 Å². The van der Waals surface area contributed by atoms with E-state index >= 15 is 0 Å². The third kappa shape index (κ3) is 2.83. The summed E-state index contributed by atoms with van der Waals surface area (Å²) in [4.78, 5) is 51.3. The molecule has 4 rings (SSSR count). The van der Waals surface area contributed by atoms with E-state index in [-0.39, 0.29) is 0 Å². The van der Waals surface area contributed by atoms with E-state index in [4.69, 9.17) is 0 Å². The number of Topliss-reactive ketones (excluding diaryl/α,β-unsaturated/α-hetero) is 2. The Balaban J connectivity index is 1.32. The number of amides is 2. The maximum absolute atomic E-state index is 12.1. The summed E-state index contributed by atoms with van der Waals surface area (Å²) < 4.78 is 0. The minimum absolute atomic E-state index is 0.455. The fourth-order valence-corrected chi connectivity index (χ4v) is 3.66. The lowest BCUT2D eigenvalue weighted by Crippen LogP contribution is -2.32. The van der Waals surface area contributed by atoms with Crippen LogP contribution in [0.1, 0.15) is 40.0 Å². The molecule has 136 valence electrons. The van der Waals surface area contributed by atoms with Crippen LogP contribution in [0.2, 0.25) is 0 Å². The number of unbranched alkanes of at least 4 members (excludes halogenated alkanes) is 2. The van der Waals surface area contributed by atoms with E-state index in [1.54, 1.807) is 36.4 Å². The van der Waals surface area contributed by atoms with Gasteiger partial charge in [-0.3, -0.25) is 19.2 Å². The highest BCUT2D eigenvalue weighted by molar-refractivity contribution is 6.52. The van der Waals surface area contributed by atoms with Crippen molar-refractivity contribution in [2.75, 3.05) is 22.9 Å². The molecule has 0 radical (unpaired) electrons. The molecule has 2 aliphatic heterocycles. The Labute approximate surface area is 156 Å². The van der Waals surface area contributed by atoms with Crippen molar-refractivity contribution in [2.24, 2.45) is 0 Å². The Morgan fingerprint density at radius 2 is 0.963 bits per heavy atom. The van der Waals surface area contributed by atoms with Crippen molar-refractivity contribution in [1.82, 2.24) is 0 Å². The maximum atomic E-state index is 12.1. The molecule has 27 heavy (non-hydrogen) atoms. The molecule has 0 atom stereocenters. The molecule has 0 aliphatic carbocycles. The Hall–Kier alpha value is -3.28. The third-order valence-corrected chi connectivity index (χ3v) is 5.02. The summed E-state index contributed by atoms with van der Waals surface area (Å²) in [7, 11) is 0. The molecule has 0 N–H and O–H groups in total. The van der Waals surface area contributed by atoms with Crippen molar-refractivity contribution in [3.63, 3.8) is 0 Å².